The average molecular weight is 311 g/mol. The van der Waals surface area contributed by atoms with Gasteiger partial charge in [0.1, 0.15) is 5.69 Å². The summed E-state index contributed by atoms with van der Waals surface area (Å²) in [7, 11) is -1.41. The molecule has 0 saturated carbocycles. The maximum atomic E-state index is 12.6. The minimum Gasteiger partial charge on any atom is -0.390 e. The molecule has 0 bridgehead atoms. The second kappa shape index (κ2) is 6.03. The van der Waals surface area contributed by atoms with Gasteiger partial charge in [-0.25, -0.2) is 13.5 Å². The topological polar surface area (TPSA) is 50.9 Å². The fraction of sp³-hybridized carbons (Fsp3) is 0.429. The van der Waals surface area contributed by atoms with E-state index in [1.165, 1.54) is 12.1 Å². The highest BCUT2D eigenvalue weighted by Crippen LogP contribution is 2.25. The number of hydrogen-bond acceptors (Lipinski definition) is 3. The normalized spacial score (nSPS) is 12.1. The Labute approximate surface area is 123 Å². The molecule has 7 heteroatoms. The minimum atomic E-state index is -2.49. The van der Waals surface area contributed by atoms with Crippen LogP contribution in [-0.4, -0.2) is 28.2 Å². The first kappa shape index (κ1) is 15.8. The Bertz CT molecular complexity index is 606. The molecule has 0 unspecified atom stereocenters. The highest BCUT2D eigenvalue weighted by atomic mass is 28.3. The van der Waals surface area contributed by atoms with Gasteiger partial charge in [-0.15, -0.1) is 5.10 Å². The van der Waals surface area contributed by atoms with Crippen LogP contribution in [0.4, 0.5) is 8.78 Å². The van der Waals surface area contributed by atoms with Crippen molar-refractivity contribution in [2.75, 3.05) is 0 Å². The molecule has 2 rings (SSSR count). The maximum Gasteiger partial charge on any atom is 0.263 e. The molecule has 0 amide bonds. The number of hydrogen-bond donors (Lipinski definition) is 1. The van der Waals surface area contributed by atoms with E-state index >= 15 is 0 Å². The standard InChI is InChI=1S/C14H19F2N3OSi/c1-21(2,3)9-19-12(8-20)13(17-18-19)10-4-6-11(7-5-10)14(15)16/h4-7,14,20H,8-9H2,1-3H3. The van der Waals surface area contributed by atoms with Crippen LogP contribution in [0.2, 0.25) is 19.6 Å². The van der Waals surface area contributed by atoms with Crippen molar-refractivity contribution in [3.63, 3.8) is 0 Å². The molecule has 4 nitrogen and oxygen atoms in total. The monoisotopic (exact) mass is 311 g/mol. The number of halogens is 2. The second-order valence-corrected chi connectivity index (χ2v) is 11.6. The lowest BCUT2D eigenvalue weighted by Crippen LogP contribution is -2.29. The number of aliphatic hydroxyl groups is 1. The first-order valence-electron chi connectivity index (χ1n) is 6.73. The van der Waals surface area contributed by atoms with Gasteiger partial charge in [-0.3, -0.25) is 0 Å². The highest BCUT2D eigenvalue weighted by Gasteiger charge is 2.20. The summed E-state index contributed by atoms with van der Waals surface area (Å²) >= 11 is 0. The Kier molecular flexibility index (Phi) is 4.53. The lowest BCUT2D eigenvalue weighted by atomic mass is 10.1. The van der Waals surface area contributed by atoms with Gasteiger partial charge in [0.05, 0.1) is 20.4 Å². The lowest BCUT2D eigenvalue weighted by molar-refractivity contribution is 0.151. The number of nitrogens with zero attached hydrogens (tertiary/aromatic N) is 3. The number of benzene rings is 1. The molecular weight excluding hydrogens is 292 g/mol. The summed E-state index contributed by atoms with van der Waals surface area (Å²) in [4.78, 5) is 0. The third-order valence-corrected chi connectivity index (χ3v) is 4.30. The zero-order valence-corrected chi connectivity index (χ0v) is 13.3. The molecule has 0 aliphatic heterocycles. The molecule has 114 valence electrons. The van der Waals surface area contributed by atoms with Crippen molar-refractivity contribution >= 4 is 8.07 Å². The number of rotatable bonds is 5. The van der Waals surface area contributed by atoms with E-state index in [1.807, 2.05) is 0 Å². The molecule has 0 saturated heterocycles. The van der Waals surface area contributed by atoms with Crippen molar-refractivity contribution in [3.8, 4) is 11.3 Å². The van der Waals surface area contributed by atoms with Crippen molar-refractivity contribution in [1.82, 2.24) is 15.0 Å². The fourth-order valence-electron chi connectivity index (χ4n) is 2.08. The molecule has 0 fully saturated rings. The quantitative estimate of drug-likeness (QED) is 0.862. The second-order valence-electron chi connectivity index (χ2n) is 6.18. The van der Waals surface area contributed by atoms with Gasteiger partial charge in [-0.05, 0) is 0 Å². The zero-order valence-electron chi connectivity index (χ0n) is 12.3. The van der Waals surface area contributed by atoms with Crippen molar-refractivity contribution in [1.29, 1.82) is 0 Å². The fourth-order valence-corrected chi connectivity index (χ4v) is 3.23. The van der Waals surface area contributed by atoms with Crippen molar-refractivity contribution < 1.29 is 13.9 Å². The van der Waals surface area contributed by atoms with Crippen LogP contribution < -0.4 is 0 Å². The molecule has 21 heavy (non-hydrogen) atoms. The van der Waals surface area contributed by atoms with Crippen LogP contribution in [0.5, 0.6) is 0 Å². The molecule has 0 aliphatic rings. The van der Waals surface area contributed by atoms with Crippen molar-refractivity contribution in [2.45, 2.75) is 38.8 Å². The number of aromatic nitrogens is 3. The third-order valence-electron chi connectivity index (χ3n) is 3.05. The van der Waals surface area contributed by atoms with Crippen LogP contribution in [-0.2, 0) is 12.8 Å². The number of aliphatic hydroxyl groups excluding tert-OH is 1. The first-order chi connectivity index (χ1) is 9.81. The van der Waals surface area contributed by atoms with Crippen molar-refractivity contribution in [3.05, 3.63) is 35.5 Å². The Balaban J connectivity index is 2.36. The van der Waals surface area contributed by atoms with Gasteiger partial charge in [0, 0.05) is 17.3 Å². The molecule has 1 heterocycles. The van der Waals surface area contributed by atoms with E-state index < -0.39 is 14.5 Å². The summed E-state index contributed by atoms with van der Waals surface area (Å²) in [5.74, 6) is 0. The average Bonchev–Trinajstić information content (AvgIpc) is 2.79. The summed E-state index contributed by atoms with van der Waals surface area (Å²) in [5.41, 5.74) is 1.84. The zero-order chi connectivity index (χ0) is 15.6. The summed E-state index contributed by atoms with van der Waals surface area (Å²) in [6.07, 6.45) is -1.73. The Morgan fingerprint density at radius 3 is 2.29 bits per heavy atom. The molecule has 0 atom stereocenters. The predicted octanol–water partition coefficient (Wildman–Crippen LogP) is 3.25. The molecule has 2 aromatic rings. The molecule has 0 aliphatic carbocycles. The van der Waals surface area contributed by atoms with Gasteiger partial charge < -0.3 is 5.11 Å². The Morgan fingerprint density at radius 2 is 1.81 bits per heavy atom. The summed E-state index contributed by atoms with van der Waals surface area (Å²) < 4.78 is 26.9. The van der Waals surface area contributed by atoms with E-state index in [4.69, 9.17) is 0 Å². The lowest BCUT2D eigenvalue weighted by Gasteiger charge is -2.16. The van der Waals surface area contributed by atoms with Gasteiger partial charge >= 0.3 is 0 Å². The van der Waals surface area contributed by atoms with E-state index in [1.54, 1.807) is 16.8 Å². The number of alkyl halides is 2. The van der Waals surface area contributed by atoms with Crippen LogP contribution in [0.3, 0.4) is 0 Å². The highest BCUT2D eigenvalue weighted by molar-refractivity contribution is 6.74. The van der Waals surface area contributed by atoms with Gasteiger partial charge in [0.15, 0.2) is 0 Å². The van der Waals surface area contributed by atoms with Gasteiger partial charge in [0.25, 0.3) is 6.43 Å². The largest absolute Gasteiger partial charge is 0.390 e. The van der Waals surface area contributed by atoms with Gasteiger partial charge in [0.2, 0.25) is 0 Å². The van der Waals surface area contributed by atoms with Crippen LogP contribution >= 0.6 is 0 Å². The molecule has 1 aromatic heterocycles. The van der Waals surface area contributed by atoms with Crippen LogP contribution in [0.1, 0.15) is 17.7 Å². The molecular formula is C14H19F2N3OSi. The Hall–Kier alpha value is -1.60. The Morgan fingerprint density at radius 1 is 1.19 bits per heavy atom. The minimum absolute atomic E-state index is 0.0289. The van der Waals surface area contributed by atoms with E-state index in [2.05, 4.69) is 30.0 Å². The molecule has 1 aromatic carbocycles. The smallest absolute Gasteiger partial charge is 0.263 e. The molecule has 0 spiro atoms. The third kappa shape index (κ3) is 3.73. The van der Waals surface area contributed by atoms with Gasteiger partial charge in [-0.2, -0.15) is 0 Å². The van der Waals surface area contributed by atoms with Crippen LogP contribution in [0.25, 0.3) is 11.3 Å². The summed E-state index contributed by atoms with van der Waals surface area (Å²) in [5, 5.41) is 17.8. The molecule has 0 radical (unpaired) electrons. The predicted molar refractivity (Wildman–Crippen MR) is 79.7 cm³/mol. The first-order valence-corrected chi connectivity index (χ1v) is 10.4. The van der Waals surface area contributed by atoms with E-state index in [-0.39, 0.29) is 12.2 Å². The summed E-state index contributed by atoms with van der Waals surface area (Å²) in [6.45, 7) is 6.43. The van der Waals surface area contributed by atoms with Crippen LogP contribution in [0, 0.1) is 0 Å². The SMILES string of the molecule is C[Si](C)(C)Cn1nnc(-c2ccc(C(F)F)cc2)c1CO. The van der Waals surface area contributed by atoms with Gasteiger partial charge in [-0.1, -0.05) is 49.1 Å². The van der Waals surface area contributed by atoms with E-state index in [9.17, 15) is 13.9 Å². The van der Waals surface area contributed by atoms with E-state index in [0.717, 1.165) is 6.17 Å². The molecule has 1 N–H and O–H groups in total. The maximum absolute atomic E-state index is 12.6. The van der Waals surface area contributed by atoms with E-state index in [0.29, 0.717) is 17.0 Å². The van der Waals surface area contributed by atoms with Crippen LogP contribution in [0.15, 0.2) is 24.3 Å². The van der Waals surface area contributed by atoms with Crippen molar-refractivity contribution in [2.24, 2.45) is 0 Å². The summed E-state index contributed by atoms with van der Waals surface area (Å²) in [6, 6.07) is 5.92.